The number of nitrogens with one attached hydrogen (secondary N) is 1. The fourth-order valence-electron chi connectivity index (χ4n) is 2.65. The molecule has 2 N–H and O–H groups in total. The second-order valence-electron chi connectivity index (χ2n) is 6.00. The van der Waals surface area contributed by atoms with E-state index < -0.39 is 12.0 Å². The van der Waals surface area contributed by atoms with Gasteiger partial charge in [-0.25, -0.2) is 0 Å². The van der Waals surface area contributed by atoms with E-state index in [9.17, 15) is 14.7 Å². The second kappa shape index (κ2) is 7.79. The molecule has 6 heteroatoms. The number of carboxylic acid groups (broad SMARTS) is 1. The van der Waals surface area contributed by atoms with Gasteiger partial charge in [-0.2, -0.15) is 0 Å². The van der Waals surface area contributed by atoms with Gasteiger partial charge in [-0.05, 0) is 43.9 Å². The molecule has 2 unspecified atom stereocenters. The van der Waals surface area contributed by atoms with Crippen LogP contribution in [0.25, 0.3) is 0 Å². The first-order chi connectivity index (χ1) is 10.9. The zero-order chi connectivity index (χ0) is 17.0. The van der Waals surface area contributed by atoms with Gasteiger partial charge in [0.1, 0.15) is 6.04 Å². The van der Waals surface area contributed by atoms with E-state index >= 15 is 0 Å². The van der Waals surface area contributed by atoms with Gasteiger partial charge in [0.05, 0.1) is 12.6 Å². The highest BCUT2D eigenvalue weighted by Crippen LogP contribution is 2.28. The van der Waals surface area contributed by atoms with Crippen LogP contribution in [0.4, 0.5) is 0 Å². The molecule has 0 bridgehead atoms. The first kappa shape index (κ1) is 17.8. The molecule has 0 aromatic heterocycles. The van der Waals surface area contributed by atoms with Crippen LogP contribution in [0.1, 0.15) is 44.7 Å². The van der Waals surface area contributed by atoms with Crippen LogP contribution in [0, 0.1) is 0 Å². The summed E-state index contributed by atoms with van der Waals surface area (Å²) in [6, 6.07) is 6.86. The Morgan fingerprint density at radius 1 is 1.35 bits per heavy atom. The third kappa shape index (κ3) is 4.94. The molecule has 0 aliphatic heterocycles. The van der Waals surface area contributed by atoms with Crippen LogP contribution < -0.4 is 5.32 Å². The summed E-state index contributed by atoms with van der Waals surface area (Å²) in [7, 11) is 0. The zero-order valence-corrected chi connectivity index (χ0v) is 14.2. The molecule has 1 saturated carbocycles. The van der Waals surface area contributed by atoms with Crippen molar-refractivity contribution in [1.82, 2.24) is 10.2 Å². The van der Waals surface area contributed by atoms with Crippen molar-refractivity contribution in [2.45, 2.75) is 51.2 Å². The Bertz CT molecular complexity index is 557. The maximum absolute atomic E-state index is 12.4. The average Bonchev–Trinajstić information content (AvgIpc) is 3.35. The molecule has 2 rings (SSSR count). The molecule has 2 atom stereocenters. The largest absolute Gasteiger partial charge is 0.480 e. The Hall–Kier alpha value is -1.59. The standard InChI is InChI=1S/C17H23ClN2O3/c1-3-15(12-4-6-13(18)7-5-12)19-16(21)10-20(14-8-9-14)11(2)17(22)23/h4-7,11,14-15H,3,8-10H2,1-2H3,(H,19,21)(H,22,23). The van der Waals surface area contributed by atoms with Crippen molar-refractivity contribution < 1.29 is 14.7 Å². The number of nitrogens with zero attached hydrogens (tertiary/aromatic N) is 1. The maximum atomic E-state index is 12.4. The Morgan fingerprint density at radius 3 is 2.43 bits per heavy atom. The minimum absolute atomic E-state index is 0.0963. The summed E-state index contributed by atoms with van der Waals surface area (Å²) in [6.07, 6.45) is 2.67. The molecule has 1 aliphatic rings. The van der Waals surface area contributed by atoms with E-state index in [1.54, 1.807) is 24.0 Å². The molecule has 1 aromatic carbocycles. The summed E-state index contributed by atoms with van der Waals surface area (Å²) in [5.74, 6) is -1.04. The lowest BCUT2D eigenvalue weighted by Gasteiger charge is -2.26. The smallest absolute Gasteiger partial charge is 0.320 e. The Morgan fingerprint density at radius 2 is 1.96 bits per heavy atom. The number of carbonyl (C=O) groups excluding carboxylic acids is 1. The minimum atomic E-state index is -0.894. The molecule has 5 nitrogen and oxygen atoms in total. The van der Waals surface area contributed by atoms with Gasteiger partial charge in [-0.1, -0.05) is 30.7 Å². The van der Waals surface area contributed by atoms with Gasteiger partial charge in [0, 0.05) is 11.1 Å². The van der Waals surface area contributed by atoms with Crippen molar-refractivity contribution >= 4 is 23.5 Å². The molecule has 0 spiro atoms. The number of hydrogen-bond acceptors (Lipinski definition) is 3. The predicted molar refractivity (Wildman–Crippen MR) is 89.5 cm³/mol. The van der Waals surface area contributed by atoms with Crippen molar-refractivity contribution in [2.75, 3.05) is 6.54 Å². The monoisotopic (exact) mass is 338 g/mol. The molecule has 23 heavy (non-hydrogen) atoms. The van der Waals surface area contributed by atoms with E-state index in [0.717, 1.165) is 24.8 Å². The SMILES string of the molecule is CCC(NC(=O)CN(C1CC1)C(C)C(=O)O)c1ccc(Cl)cc1. The molecule has 1 aliphatic carbocycles. The number of hydrogen-bond donors (Lipinski definition) is 2. The maximum Gasteiger partial charge on any atom is 0.320 e. The first-order valence-electron chi connectivity index (χ1n) is 7.95. The summed E-state index contributed by atoms with van der Waals surface area (Å²) in [5.41, 5.74) is 0.995. The van der Waals surface area contributed by atoms with Crippen LogP contribution in [-0.4, -0.2) is 40.5 Å². The topological polar surface area (TPSA) is 69.6 Å². The van der Waals surface area contributed by atoms with Crippen LogP contribution in [0.5, 0.6) is 0 Å². The Kier molecular flexibility index (Phi) is 6.02. The molecular weight excluding hydrogens is 316 g/mol. The number of carbonyl (C=O) groups is 2. The number of halogens is 1. The molecule has 1 fully saturated rings. The molecule has 126 valence electrons. The predicted octanol–water partition coefficient (Wildman–Crippen LogP) is 2.84. The van der Waals surface area contributed by atoms with E-state index in [-0.39, 0.29) is 24.5 Å². The van der Waals surface area contributed by atoms with Crippen LogP contribution in [0.3, 0.4) is 0 Å². The molecule has 0 radical (unpaired) electrons. The molecular formula is C17H23ClN2O3. The molecule has 1 amide bonds. The van der Waals surface area contributed by atoms with Crippen molar-refractivity contribution in [3.63, 3.8) is 0 Å². The van der Waals surface area contributed by atoms with E-state index in [0.29, 0.717) is 5.02 Å². The number of aliphatic carboxylic acids is 1. The van der Waals surface area contributed by atoms with Gasteiger partial charge >= 0.3 is 5.97 Å². The summed E-state index contributed by atoms with van der Waals surface area (Å²) in [4.78, 5) is 25.3. The first-order valence-corrected chi connectivity index (χ1v) is 8.33. The van der Waals surface area contributed by atoms with Gasteiger partial charge in [0.15, 0.2) is 0 Å². The van der Waals surface area contributed by atoms with Gasteiger partial charge < -0.3 is 10.4 Å². The number of carboxylic acids is 1. The van der Waals surface area contributed by atoms with Crippen LogP contribution in [0.15, 0.2) is 24.3 Å². The van der Waals surface area contributed by atoms with Crippen molar-refractivity contribution in [3.05, 3.63) is 34.9 Å². The minimum Gasteiger partial charge on any atom is -0.480 e. The van der Waals surface area contributed by atoms with Crippen LogP contribution in [-0.2, 0) is 9.59 Å². The summed E-state index contributed by atoms with van der Waals surface area (Å²) in [6.45, 7) is 3.74. The lowest BCUT2D eigenvalue weighted by Crippen LogP contribution is -2.46. The third-order valence-electron chi connectivity index (χ3n) is 4.21. The highest BCUT2D eigenvalue weighted by Gasteiger charge is 2.36. The lowest BCUT2D eigenvalue weighted by molar-refractivity contribution is -0.143. The Balaban J connectivity index is 1.98. The van der Waals surface area contributed by atoms with Crippen molar-refractivity contribution in [1.29, 1.82) is 0 Å². The zero-order valence-electron chi connectivity index (χ0n) is 13.5. The fourth-order valence-corrected chi connectivity index (χ4v) is 2.78. The number of rotatable bonds is 8. The lowest BCUT2D eigenvalue weighted by atomic mass is 10.0. The highest BCUT2D eigenvalue weighted by molar-refractivity contribution is 6.30. The fraction of sp³-hybridized carbons (Fsp3) is 0.529. The van der Waals surface area contributed by atoms with E-state index in [2.05, 4.69) is 5.32 Å². The highest BCUT2D eigenvalue weighted by atomic mass is 35.5. The van der Waals surface area contributed by atoms with Gasteiger partial charge in [-0.15, -0.1) is 0 Å². The van der Waals surface area contributed by atoms with Crippen molar-refractivity contribution in [2.24, 2.45) is 0 Å². The van der Waals surface area contributed by atoms with E-state index in [1.165, 1.54) is 0 Å². The molecule has 1 aromatic rings. The second-order valence-corrected chi connectivity index (χ2v) is 6.43. The van der Waals surface area contributed by atoms with Crippen molar-refractivity contribution in [3.8, 4) is 0 Å². The quantitative estimate of drug-likeness (QED) is 0.764. The number of amides is 1. The van der Waals surface area contributed by atoms with E-state index in [4.69, 9.17) is 11.6 Å². The van der Waals surface area contributed by atoms with Crippen LogP contribution >= 0.6 is 11.6 Å². The average molecular weight is 339 g/mol. The summed E-state index contributed by atoms with van der Waals surface area (Å²) >= 11 is 5.89. The van der Waals surface area contributed by atoms with Gasteiger partial charge in [0.2, 0.25) is 5.91 Å². The summed E-state index contributed by atoms with van der Waals surface area (Å²) in [5, 5.41) is 12.8. The van der Waals surface area contributed by atoms with Crippen LogP contribution in [0.2, 0.25) is 5.02 Å². The summed E-state index contributed by atoms with van der Waals surface area (Å²) < 4.78 is 0. The normalized spacial score (nSPS) is 16.9. The molecule has 0 heterocycles. The van der Waals surface area contributed by atoms with E-state index in [1.807, 2.05) is 19.1 Å². The third-order valence-corrected chi connectivity index (χ3v) is 4.46. The molecule has 0 saturated heterocycles. The Labute approximate surface area is 141 Å². The number of benzene rings is 1. The van der Waals surface area contributed by atoms with Gasteiger partial charge in [0.25, 0.3) is 0 Å². The van der Waals surface area contributed by atoms with Gasteiger partial charge in [-0.3, -0.25) is 14.5 Å².